The first-order chi connectivity index (χ1) is 13.7. The second-order valence-corrected chi connectivity index (χ2v) is 10.2. The number of hydrogen-bond donors (Lipinski definition) is 1. The molecular weight excluding hydrogens is 493 g/mol. The SMILES string of the molecule is CCCCC(F)(F)[C@H](O)C=C[C@@H]1[C@H](C)CC2O[C@H]([C@@H](I)CCCC(=O)OC)C[C@@H]21. The van der Waals surface area contributed by atoms with Crippen LogP contribution in [0.15, 0.2) is 12.2 Å². The van der Waals surface area contributed by atoms with Crippen molar-refractivity contribution in [3.8, 4) is 0 Å². The quantitative estimate of drug-likeness (QED) is 0.171. The van der Waals surface area contributed by atoms with Gasteiger partial charge in [0.1, 0.15) is 6.10 Å². The Bertz CT molecular complexity index is 557. The van der Waals surface area contributed by atoms with E-state index in [-0.39, 0.29) is 30.5 Å². The lowest BCUT2D eigenvalue weighted by molar-refractivity contribution is -0.140. The zero-order valence-corrected chi connectivity index (χ0v) is 19.8. The molecule has 2 rings (SSSR count). The third kappa shape index (κ3) is 6.86. The van der Waals surface area contributed by atoms with Crippen LogP contribution in [0, 0.1) is 17.8 Å². The summed E-state index contributed by atoms with van der Waals surface area (Å²) in [5.41, 5.74) is 0. The predicted octanol–water partition coefficient (Wildman–Crippen LogP) is 5.31. The summed E-state index contributed by atoms with van der Waals surface area (Å²) in [6, 6.07) is 0. The molecule has 0 aromatic heterocycles. The normalized spacial score (nSPS) is 31.8. The number of allylic oxidation sites excluding steroid dienone is 1. The fourth-order valence-electron chi connectivity index (χ4n) is 4.61. The molecule has 1 heterocycles. The molecule has 1 saturated carbocycles. The van der Waals surface area contributed by atoms with Crippen LogP contribution >= 0.6 is 22.6 Å². The van der Waals surface area contributed by atoms with Gasteiger partial charge in [-0.05, 0) is 49.9 Å². The van der Waals surface area contributed by atoms with Crippen molar-refractivity contribution < 1.29 is 28.2 Å². The van der Waals surface area contributed by atoms with Crippen LogP contribution in [0.1, 0.15) is 65.2 Å². The Balaban J connectivity index is 1.89. The molecule has 1 saturated heterocycles. The first-order valence-electron chi connectivity index (χ1n) is 10.8. The number of carbonyl (C=O) groups is 1. The highest BCUT2D eigenvalue weighted by atomic mass is 127. The Morgan fingerprint density at radius 2 is 2.10 bits per heavy atom. The molecule has 0 aromatic rings. The molecule has 0 spiro atoms. The second-order valence-electron chi connectivity index (χ2n) is 8.58. The van der Waals surface area contributed by atoms with Crippen LogP contribution in [-0.4, -0.2) is 46.3 Å². The number of halogens is 3. The molecule has 7 heteroatoms. The molecule has 2 aliphatic rings. The molecule has 1 unspecified atom stereocenters. The summed E-state index contributed by atoms with van der Waals surface area (Å²) in [5, 5.41) is 9.99. The number of carbonyl (C=O) groups excluding carboxylic acids is 1. The Hall–Kier alpha value is -0.280. The van der Waals surface area contributed by atoms with Crippen LogP contribution in [0.25, 0.3) is 0 Å². The van der Waals surface area contributed by atoms with Crippen LogP contribution in [-0.2, 0) is 14.3 Å². The van der Waals surface area contributed by atoms with Crippen molar-refractivity contribution in [3.05, 3.63) is 12.2 Å². The number of ether oxygens (including phenoxy) is 2. The number of aliphatic hydroxyl groups excluding tert-OH is 1. The van der Waals surface area contributed by atoms with Gasteiger partial charge in [-0.15, -0.1) is 0 Å². The van der Waals surface area contributed by atoms with E-state index in [9.17, 15) is 18.7 Å². The fraction of sp³-hybridized carbons (Fsp3) is 0.864. The maximum Gasteiger partial charge on any atom is 0.305 e. The molecule has 0 aromatic carbocycles. The zero-order chi connectivity index (χ0) is 21.6. The molecular formula is C22H35F2IO4. The van der Waals surface area contributed by atoms with Gasteiger partial charge in [-0.2, -0.15) is 0 Å². The van der Waals surface area contributed by atoms with Gasteiger partial charge < -0.3 is 14.6 Å². The smallest absolute Gasteiger partial charge is 0.305 e. The van der Waals surface area contributed by atoms with Crippen molar-refractivity contribution in [2.24, 2.45) is 17.8 Å². The molecule has 29 heavy (non-hydrogen) atoms. The Morgan fingerprint density at radius 1 is 1.38 bits per heavy atom. The third-order valence-electron chi connectivity index (χ3n) is 6.39. The van der Waals surface area contributed by atoms with Gasteiger partial charge in [0.2, 0.25) is 0 Å². The molecule has 0 bridgehead atoms. The van der Waals surface area contributed by atoms with Crippen molar-refractivity contribution >= 4 is 28.6 Å². The van der Waals surface area contributed by atoms with Crippen molar-refractivity contribution in [3.63, 3.8) is 0 Å². The number of fused-ring (bicyclic) bond motifs is 1. The lowest BCUT2D eigenvalue weighted by Gasteiger charge is -2.23. The number of unbranched alkanes of at least 4 members (excludes halogenated alkanes) is 1. The maximum atomic E-state index is 14.1. The summed E-state index contributed by atoms with van der Waals surface area (Å²) >= 11 is 2.40. The minimum Gasteiger partial charge on any atom is -0.469 e. The highest BCUT2D eigenvalue weighted by Gasteiger charge is 2.48. The average Bonchev–Trinajstić information content (AvgIpc) is 3.21. The topological polar surface area (TPSA) is 55.8 Å². The number of esters is 1. The first kappa shape index (κ1) is 25.0. The third-order valence-corrected chi connectivity index (χ3v) is 7.82. The average molecular weight is 528 g/mol. The number of hydrogen-bond acceptors (Lipinski definition) is 4. The van der Waals surface area contributed by atoms with Crippen LogP contribution in [0.5, 0.6) is 0 Å². The van der Waals surface area contributed by atoms with Crippen LogP contribution in [0.2, 0.25) is 0 Å². The highest BCUT2D eigenvalue weighted by molar-refractivity contribution is 14.1. The summed E-state index contributed by atoms with van der Waals surface area (Å²) in [5.74, 6) is -2.45. The van der Waals surface area contributed by atoms with E-state index in [1.807, 2.05) is 13.0 Å². The van der Waals surface area contributed by atoms with Gasteiger partial charge in [0.05, 0.1) is 19.3 Å². The van der Waals surface area contributed by atoms with Gasteiger partial charge in [0.25, 0.3) is 5.92 Å². The van der Waals surface area contributed by atoms with Gasteiger partial charge >= 0.3 is 5.97 Å². The Labute approximate surface area is 186 Å². The van der Waals surface area contributed by atoms with Crippen molar-refractivity contribution in [1.82, 2.24) is 0 Å². The van der Waals surface area contributed by atoms with Crippen molar-refractivity contribution in [2.75, 3.05) is 7.11 Å². The van der Waals surface area contributed by atoms with Crippen molar-refractivity contribution in [1.29, 1.82) is 0 Å². The number of aliphatic hydroxyl groups is 1. The lowest BCUT2D eigenvalue weighted by Crippen LogP contribution is -2.32. The van der Waals surface area contributed by atoms with Crippen LogP contribution in [0.4, 0.5) is 8.78 Å². The van der Waals surface area contributed by atoms with E-state index >= 15 is 0 Å². The molecule has 1 aliphatic carbocycles. The standard InChI is InChI=1S/C22H35F2IO4/c1-4-5-11-22(23,24)20(26)10-9-15-14(2)12-18-16(15)13-19(29-18)17(25)7-6-8-21(27)28-3/h9-10,14-20,26H,4-8,11-13H2,1-3H3/t14-,15-,16-,17+,18?,19+,20-/m1/s1. The number of alkyl halides is 3. The predicted molar refractivity (Wildman–Crippen MR) is 117 cm³/mol. The Morgan fingerprint density at radius 3 is 2.76 bits per heavy atom. The molecule has 0 amide bonds. The number of rotatable bonds is 11. The van der Waals surface area contributed by atoms with E-state index in [1.165, 1.54) is 13.2 Å². The van der Waals surface area contributed by atoms with Gasteiger partial charge in [0.15, 0.2) is 0 Å². The highest BCUT2D eigenvalue weighted by Crippen LogP contribution is 2.48. The van der Waals surface area contributed by atoms with E-state index < -0.39 is 12.0 Å². The summed E-state index contributed by atoms with van der Waals surface area (Å²) in [6.45, 7) is 4.00. The summed E-state index contributed by atoms with van der Waals surface area (Å²) in [6.07, 6.45) is 6.38. The lowest BCUT2D eigenvalue weighted by atomic mass is 9.86. The van der Waals surface area contributed by atoms with Crippen LogP contribution in [0.3, 0.4) is 0 Å². The fourth-order valence-corrected chi connectivity index (χ4v) is 5.51. The minimum absolute atomic E-state index is 0.127. The zero-order valence-electron chi connectivity index (χ0n) is 17.7. The largest absolute Gasteiger partial charge is 0.469 e. The molecule has 1 N–H and O–H groups in total. The molecule has 7 atom stereocenters. The van der Waals surface area contributed by atoms with Crippen molar-refractivity contribution in [2.45, 2.75) is 93.4 Å². The monoisotopic (exact) mass is 528 g/mol. The molecule has 1 aliphatic heterocycles. The van der Waals surface area contributed by atoms with Gasteiger partial charge in [-0.1, -0.05) is 55.0 Å². The van der Waals surface area contributed by atoms with E-state index in [4.69, 9.17) is 4.74 Å². The molecule has 4 nitrogen and oxygen atoms in total. The molecule has 168 valence electrons. The van der Waals surface area contributed by atoms with Gasteiger partial charge in [-0.25, -0.2) is 8.78 Å². The van der Waals surface area contributed by atoms with Gasteiger partial charge in [-0.3, -0.25) is 4.79 Å². The summed E-state index contributed by atoms with van der Waals surface area (Å²) < 4.78 is 39.4. The van der Waals surface area contributed by atoms with E-state index in [0.29, 0.717) is 35.0 Å². The summed E-state index contributed by atoms with van der Waals surface area (Å²) in [4.78, 5) is 11.3. The molecule has 0 radical (unpaired) electrons. The summed E-state index contributed by atoms with van der Waals surface area (Å²) in [7, 11) is 1.40. The first-order valence-corrected chi connectivity index (χ1v) is 12.0. The van der Waals surface area contributed by atoms with Gasteiger partial charge in [0, 0.05) is 16.8 Å². The van der Waals surface area contributed by atoms with E-state index in [0.717, 1.165) is 25.7 Å². The maximum absolute atomic E-state index is 14.1. The van der Waals surface area contributed by atoms with Crippen LogP contribution < -0.4 is 0 Å². The Kier molecular flexibility index (Phi) is 9.80. The molecule has 2 fully saturated rings. The minimum atomic E-state index is -3.07. The van der Waals surface area contributed by atoms with E-state index in [2.05, 4.69) is 34.3 Å². The second kappa shape index (κ2) is 11.4. The van der Waals surface area contributed by atoms with E-state index in [1.54, 1.807) is 0 Å². The number of methoxy groups -OCH3 is 1.